The summed E-state index contributed by atoms with van der Waals surface area (Å²) in [6.07, 6.45) is 0. The van der Waals surface area contributed by atoms with Gasteiger partial charge in [-0.2, -0.15) is 0 Å². The minimum atomic E-state index is 0. The summed E-state index contributed by atoms with van der Waals surface area (Å²) in [5.41, 5.74) is 0. The summed E-state index contributed by atoms with van der Waals surface area (Å²) in [6, 6.07) is 0. The van der Waals surface area contributed by atoms with Gasteiger partial charge < -0.3 is 28.8 Å². The first-order valence-electron chi connectivity index (χ1n) is 0. The van der Waals surface area contributed by atoms with E-state index in [4.69, 9.17) is 0 Å². The second-order valence-corrected chi connectivity index (χ2v) is 0. The predicted molar refractivity (Wildman–Crippen MR) is 19.2 cm³/mol. The molecule has 0 aromatic rings. The minimum absolute atomic E-state index is 0. The van der Waals surface area contributed by atoms with Gasteiger partial charge in [-0.15, -0.1) is 0 Å². The van der Waals surface area contributed by atoms with E-state index in [2.05, 4.69) is 0 Å². The fourth-order valence-electron chi connectivity index (χ4n) is 0. The summed E-state index contributed by atoms with van der Waals surface area (Å²) in [6.45, 7) is 0. The molecule has 0 heterocycles. The van der Waals surface area contributed by atoms with Gasteiger partial charge in [0, 0.05) is 21.7 Å². The third-order valence-corrected chi connectivity index (χ3v) is 0. The molecular formula is H11NaO5Ti. The first-order valence-corrected chi connectivity index (χ1v) is 0. The Labute approximate surface area is 79.7 Å². The summed E-state index contributed by atoms with van der Waals surface area (Å²) < 4.78 is 0. The summed E-state index contributed by atoms with van der Waals surface area (Å²) in [5, 5.41) is 0. The Morgan fingerprint density at radius 3 is 0.571 bits per heavy atom. The predicted octanol–water partition coefficient (Wildman–Crippen LogP) is -7.01. The van der Waals surface area contributed by atoms with Gasteiger partial charge in [0.05, 0.1) is 0 Å². The summed E-state index contributed by atoms with van der Waals surface area (Å²) >= 11 is 0. The quantitative estimate of drug-likeness (QED) is 0.310. The van der Waals surface area contributed by atoms with Crippen LogP contribution in [0, 0.1) is 0 Å². The molecule has 0 saturated heterocycles. The zero-order valence-corrected chi connectivity index (χ0v) is 7.56. The van der Waals surface area contributed by atoms with E-state index in [0.717, 1.165) is 0 Å². The number of hydrogen-bond donors (Lipinski definition) is 0. The van der Waals surface area contributed by atoms with Crippen LogP contribution in [0.5, 0.6) is 0 Å². The smallest absolute Gasteiger partial charge is 1.00 e. The van der Waals surface area contributed by atoms with Crippen LogP contribution in [0.25, 0.3) is 0 Å². The van der Waals surface area contributed by atoms with Crippen molar-refractivity contribution in [2.75, 3.05) is 0 Å². The molecule has 0 aromatic carbocycles. The zero-order valence-electron chi connectivity index (χ0n) is 5.00. The van der Waals surface area contributed by atoms with Gasteiger partial charge >= 0.3 is 29.6 Å². The van der Waals surface area contributed by atoms with E-state index >= 15 is 0 Å². The number of rotatable bonds is 0. The second-order valence-electron chi connectivity index (χ2n) is 0. The monoisotopic (exact) mass is 162 g/mol. The normalized spacial score (nSPS) is 0. The third kappa shape index (κ3) is 99.6. The molecule has 0 saturated carbocycles. The SMILES string of the molecule is O.O.O.O.O.[H-].[Na+].[Ti]. The van der Waals surface area contributed by atoms with Crippen molar-refractivity contribution in [3.63, 3.8) is 0 Å². The van der Waals surface area contributed by atoms with E-state index in [1.807, 2.05) is 0 Å². The second kappa shape index (κ2) is 139. The molecular weight excluding hydrogens is 151 g/mol. The zero-order chi connectivity index (χ0) is 0. The topological polar surface area (TPSA) is 158 Å². The van der Waals surface area contributed by atoms with Crippen molar-refractivity contribution < 1.29 is 80.1 Å². The molecule has 0 aliphatic carbocycles. The van der Waals surface area contributed by atoms with Crippen molar-refractivity contribution in [2.45, 2.75) is 0 Å². The molecule has 0 fully saturated rings. The first-order chi connectivity index (χ1) is 0. The van der Waals surface area contributed by atoms with Crippen molar-refractivity contribution in [3.05, 3.63) is 0 Å². The maximum Gasteiger partial charge on any atom is 1.00 e. The summed E-state index contributed by atoms with van der Waals surface area (Å²) in [5.74, 6) is 0. The molecule has 0 aliphatic heterocycles. The van der Waals surface area contributed by atoms with E-state index in [1.54, 1.807) is 0 Å². The fraction of sp³-hybridized carbons (Fsp3) is 0. The maximum atomic E-state index is 0. The summed E-state index contributed by atoms with van der Waals surface area (Å²) in [4.78, 5) is 0. The Balaban J connectivity index is 0. The van der Waals surface area contributed by atoms with E-state index in [-0.39, 0.29) is 80.1 Å². The third-order valence-electron chi connectivity index (χ3n) is 0. The van der Waals surface area contributed by atoms with Crippen LogP contribution in [-0.4, -0.2) is 27.4 Å². The molecule has 0 radical (unpaired) electrons. The van der Waals surface area contributed by atoms with Crippen LogP contribution in [0.15, 0.2) is 0 Å². The molecule has 0 unspecified atom stereocenters. The van der Waals surface area contributed by atoms with E-state index in [9.17, 15) is 0 Å². The van der Waals surface area contributed by atoms with Gasteiger partial charge in [-0.1, -0.05) is 0 Å². The van der Waals surface area contributed by atoms with Crippen molar-refractivity contribution in [1.29, 1.82) is 0 Å². The van der Waals surface area contributed by atoms with Crippen molar-refractivity contribution in [2.24, 2.45) is 0 Å². The average Bonchev–Trinajstić information content (AvgIpc) is 0. The van der Waals surface area contributed by atoms with Crippen molar-refractivity contribution in [1.82, 2.24) is 0 Å². The molecule has 0 atom stereocenters. The van der Waals surface area contributed by atoms with E-state index < -0.39 is 0 Å². The van der Waals surface area contributed by atoms with Crippen LogP contribution in [-0.2, 0) is 21.7 Å². The van der Waals surface area contributed by atoms with Crippen LogP contribution >= 0.6 is 0 Å². The van der Waals surface area contributed by atoms with Crippen LogP contribution in [0.1, 0.15) is 1.43 Å². The molecule has 5 nitrogen and oxygen atoms in total. The van der Waals surface area contributed by atoms with E-state index in [0.29, 0.717) is 0 Å². The summed E-state index contributed by atoms with van der Waals surface area (Å²) in [7, 11) is 0. The Kier molecular flexibility index (Phi) is 4170. The maximum absolute atomic E-state index is 0. The van der Waals surface area contributed by atoms with Crippen LogP contribution in [0.3, 0.4) is 0 Å². The Morgan fingerprint density at radius 1 is 0.571 bits per heavy atom. The van der Waals surface area contributed by atoms with Gasteiger partial charge in [0.2, 0.25) is 0 Å². The van der Waals surface area contributed by atoms with Gasteiger partial charge in [0.1, 0.15) is 0 Å². The first kappa shape index (κ1) is 210. The Hall–Kier alpha value is 1.51. The van der Waals surface area contributed by atoms with Crippen LogP contribution < -0.4 is 29.6 Å². The van der Waals surface area contributed by atoms with Crippen molar-refractivity contribution >= 4 is 0 Å². The molecule has 0 bridgehead atoms. The fourth-order valence-corrected chi connectivity index (χ4v) is 0. The molecule has 0 amide bonds. The molecule has 0 rings (SSSR count). The molecule has 0 aliphatic rings. The van der Waals surface area contributed by atoms with Gasteiger partial charge in [0.15, 0.2) is 0 Å². The molecule has 10 N–H and O–H groups in total. The molecule has 7 heavy (non-hydrogen) atoms. The standard InChI is InChI=1S/Na.5H2O.Ti.H/h;5*1H2;;/q+1;;;;;;;-1. The molecule has 0 aromatic heterocycles. The van der Waals surface area contributed by atoms with Gasteiger partial charge in [-0.25, -0.2) is 0 Å². The Bertz CT molecular complexity index is 12.4. The molecule has 46 valence electrons. The van der Waals surface area contributed by atoms with Crippen molar-refractivity contribution in [3.8, 4) is 0 Å². The van der Waals surface area contributed by atoms with Gasteiger partial charge in [0.25, 0.3) is 0 Å². The van der Waals surface area contributed by atoms with Gasteiger partial charge in [-0.05, 0) is 0 Å². The van der Waals surface area contributed by atoms with Gasteiger partial charge in [-0.3, -0.25) is 0 Å². The van der Waals surface area contributed by atoms with Crippen LogP contribution in [0.4, 0.5) is 0 Å². The molecule has 0 spiro atoms. The Morgan fingerprint density at radius 2 is 0.571 bits per heavy atom. The van der Waals surface area contributed by atoms with E-state index in [1.165, 1.54) is 0 Å². The number of hydrogen-bond acceptors (Lipinski definition) is 0. The minimum Gasteiger partial charge on any atom is -1.00 e. The molecule has 7 heteroatoms. The average molecular weight is 162 g/mol. The largest absolute Gasteiger partial charge is 1.00 e. The van der Waals surface area contributed by atoms with Crippen LogP contribution in [0.2, 0.25) is 0 Å².